The van der Waals surface area contributed by atoms with Crippen LogP contribution in [0.5, 0.6) is 0 Å². The number of carbonyl (C=O) groups excluding carboxylic acids is 1. The van der Waals surface area contributed by atoms with E-state index in [0.717, 1.165) is 11.3 Å². The fraction of sp³-hybridized carbons (Fsp3) is 0.333. The van der Waals surface area contributed by atoms with Gasteiger partial charge in [-0.1, -0.05) is 0 Å². The molecule has 68 valence electrons. The Morgan fingerprint density at radius 3 is 2.92 bits per heavy atom. The summed E-state index contributed by atoms with van der Waals surface area (Å²) in [5.74, 6) is -0.0330. The maximum Gasteiger partial charge on any atom is 0.181 e. The van der Waals surface area contributed by atoms with Crippen molar-refractivity contribution >= 4 is 23.7 Å². The molecule has 1 unspecified atom stereocenters. The summed E-state index contributed by atoms with van der Waals surface area (Å²) in [4.78, 5) is 14.2. The smallest absolute Gasteiger partial charge is 0.181 e. The molecule has 0 saturated carbocycles. The van der Waals surface area contributed by atoms with E-state index in [1.54, 1.807) is 19.3 Å². The van der Waals surface area contributed by atoms with Gasteiger partial charge in [0.2, 0.25) is 0 Å². The molecule has 2 aliphatic rings. The SMILES string of the molecule is CC1(Cl)C(=O)C=C1C1=CCN=CN1. The highest BCUT2D eigenvalue weighted by Crippen LogP contribution is 2.38. The molecule has 0 fully saturated rings. The number of hydrogen-bond donors (Lipinski definition) is 1. The van der Waals surface area contributed by atoms with Gasteiger partial charge in [-0.25, -0.2) is 0 Å². The first kappa shape index (κ1) is 8.51. The standard InChI is InChI=1S/C9H9ClN2O/c1-9(10)6(4-8(9)13)7-2-3-11-5-12-7/h2,4-5H,3H2,1H3,(H,11,12). The Morgan fingerprint density at radius 2 is 2.46 bits per heavy atom. The van der Waals surface area contributed by atoms with Crippen LogP contribution in [0.4, 0.5) is 0 Å². The molecule has 0 bridgehead atoms. The average Bonchev–Trinajstić information content (AvgIpc) is 2.15. The molecule has 1 aliphatic carbocycles. The minimum Gasteiger partial charge on any atom is -0.347 e. The van der Waals surface area contributed by atoms with Crippen LogP contribution in [-0.2, 0) is 4.79 Å². The summed E-state index contributed by atoms with van der Waals surface area (Å²) in [7, 11) is 0. The number of nitrogens with zero attached hydrogens (tertiary/aromatic N) is 1. The van der Waals surface area contributed by atoms with Crippen molar-refractivity contribution in [3.05, 3.63) is 23.4 Å². The fourth-order valence-electron chi connectivity index (χ4n) is 1.35. The van der Waals surface area contributed by atoms with Crippen molar-refractivity contribution in [3.63, 3.8) is 0 Å². The minimum absolute atomic E-state index is 0.0330. The van der Waals surface area contributed by atoms with Crippen LogP contribution in [0.2, 0.25) is 0 Å². The van der Waals surface area contributed by atoms with Crippen molar-refractivity contribution in [1.82, 2.24) is 5.32 Å². The Labute approximate surface area is 81.2 Å². The van der Waals surface area contributed by atoms with Gasteiger partial charge in [-0.3, -0.25) is 9.79 Å². The van der Waals surface area contributed by atoms with E-state index in [-0.39, 0.29) is 5.78 Å². The molecule has 0 spiro atoms. The third-order valence-corrected chi connectivity index (χ3v) is 2.64. The van der Waals surface area contributed by atoms with Gasteiger partial charge in [0.1, 0.15) is 4.87 Å². The molecule has 0 radical (unpaired) electrons. The predicted octanol–water partition coefficient (Wildman–Crippen LogP) is 1.01. The second-order valence-corrected chi connectivity index (χ2v) is 3.94. The second-order valence-electron chi connectivity index (χ2n) is 3.18. The zero-order valence-electron chi connectivity index (χ0n) is 7.17. The Kier molecular flexibility index (Phi) is 1.77. The molecule has 0 aromatic carbocycles. The Morgan fingerprint density at radius 1 is 1.69 bits per heavy atom. The van der Waals surface area contributed by atoms with Crippen LogP contribution < -0.4 is 5.32 Å². The molecule has 3 nitrogen and oxygen atoms in total. The van der Waals surface area contributed by atoms with Crippen molar-refractivity contribution < 1.29 is 4.79 Å². The summed E-state index contributed by atoms with van der Waals surface area (Å²) < 4.78 is 0. The second kappa shape index (κ2) is 2.70. The molecule has 1 N–H and O–H groups in total. The van der Waals surface area contributed by atoms with E-state index in [1.807, 2.05) is 6.08 Å². The van der Waals surface area contributed by atoms with Crippen LogP contribution in [0.3, 0.4) is 0 Å². The van der Waals surface area contributed by atoms with Crippen LogP contribution >= 0.6 is 11.6 Å². The molecule has 4 heteroatoms. The van der Waals surface area contributed by atoms with Gasteiger partial charge in [0, 0.05) is 11.3 Å². The Bertz CT molecular complexity index is 353. The van der Waals surface area contributed by atoms with E-state index in [0.29, 0.717) is 6.54 Å². The van der Waals surface area contributed by atoms with E-state index in [2.05, 4.69) is 10.3 Å². The van der Waals surface area contributed by atoms with Gasteiger partial charge in [-0.05, 0) is 19.1 Å². The lowest BCUT2D eigenvalue weighted by molar-refractivity contribution is -0.117. The van der Waals surface area contributed by atoms with E-state index in [4.69, 9.17) is 11.6 Å². The first-order chi connectivity index (χ1) is 6.12. The largest absolute Gasteiger partial charge is 0.347 e. The fourth-order valence-corrected chi connectivity index (χ4v) is 1.56. The summed E-state index contributed by atoms with van der Waals surface area (Å²) in [6, 6.07) is 0. The van der Waals surface area contributed by atoms with E-state index >= 15 is 0 Å². The normalized spacial score (nSPS) is 31.7. The van der Waals surface area contributed by atoms with Crippen LogP contribution in [0.15, 0.2) is 28.4 Å². The molecule has 2 rings (SSSR count). The predicted molar refractivity (Wildman–Crippen MR) is 51.9 cm³/mol. The molecule has 1 heterocycles. The molecule has 0 aromatic rings. The van der Waals surface area contributed by atoms with Crippen molar-refractivity contribution in [2.24, 2.45) is 4.99 Å². The maximum absolute atomic E-state index is 11.1. The lowest BCUT2D eigenvalue weighted by Gasteiger charge is -2.32. The highest BCUT2D eigenvalue weighted by atomic mass is 35.5. The van der Waals surface area contributed by atoms with Crippen LogP contribution in [0.25, 0.3) is 0 Å². The highest BCUT2D eigenvalue weighted by molar-refractivity contribution is 6.43. The highest BCUT2D eigenvalue weighted by Gasteiger charge is 2.43. The average molecular weight is 197 g/mol. The number of nitrogens with one attached hydrogen (secondary N) is 1. The zero-order chi connectivity index (χ0) is 9.47. The number of allylic oxidation sites excluding steroid dienone is 2. The van der Waals surface area contributed by atoms with Gasteiger partial charge in [0.05, 0.1) is 12.9 Å². The van der Waals surface area contributed by atoms with Crippen molar-refractivity contribution in [1.29, 1.82) is 0 Å². The zero-order valence-corrected chi connectivity index (χ0v) is 7.93. The summed E-state index contributed by atoms with van der Waals surface area (Å²) >= 11 is 6.01. The van der Waals surface area contributed by atoms with Crippen LogP contribution in [0.1, 0.15) is 6.92 Å². The summed E-state index contributed by atoms with van der Waals surface area (Å²) in [6.45, 7) is 2.35. The summed E-state index contributed by atoms with van der Waals surface area (Å²) in [5, 5.41) is 2.96. The third kappa shape index (κ3) is 1.20. The van der Waals surface area contributed by atoms with Crippen molar-refractivity contribution in [2.75, 3.05) is 6.54 Å². The first-order valence-corrected chi connectivity index (χ1v) is 4.41. The molecule has 0 saturated heterocycles. The van der Waals surface area contributed by atoms with Gasteiger partial charge >= 0.3 is 0 Å². The van der Waals surface area contributed by atoms with Crippen LogP contribution in [-0.4, -0.2) is 23.5 Å². The number of rotatable bonds is 1. The van der Waals surface area contributed by atoms with Crippen LogP contribution in [0, 0.1) is 0 Å². The minimum atomic E-state index is -0.843. The quantitative estimate of drug-likeness (QED) is 0.636. The number of hydrogen-bond acceptors (Lipinski definition) is 3. The first-order valence-electron chi connectivity index (χ1n) is 4.03. The number of halogens is 1. The number of carbonyl (C=O) groups is 1. The van der Waals surface area contributed by atoms with Crippen molar-refractivity contribution in [2.45, 2.75) is 11.8 Å². The van der Waals surface area contributed by atoms with E-state index in [1.165, 1.54) is 0 Å². The van der Waals surface area contributed by atoms with Gasteiger partial charge < -0.3 is 5.32 Å². The molecule has 0 amide bonds. The molecule has 13 heavy (non-hydrogen) atoms. The lowest BCUT2D eigenvalue weighted by atomic mass is 9.81. The van der Waals surface area contributed by atoms with Gasteiger partial charge in [0.15, 0.2) is 5.78 Å². The Hall–Kier alpha value is -1.09. The van der Waals surface area contributed by atoms with Gasteiger partial charge in [0.25, 0.3) is 0 Å². The number of alkyl halides is 1. The summed E-state index contributed by atoms with van der Waals surface area (Å²) in [5.41, 5.74) is 1.75. The van der Waals surface area contributed by atoms with Gasteiger partial charge in [-0.15, -0.1) is 11.6 Å². The molecule has 1 atom stereocenters. The lowest BCUT2D eigenvalue weighted by Crippen LogP contribution is -2.42. The molecule has 1 aliphatic heterocycles. The third-order valence-electron chi connectivity index (χ3n) is 2.25. The molecule has 0 aromatic heterocycles. The molecular weight excluding hydrogens is 188 g/mol. The number of aliphatic imine (C=N–C) groups is 1. The molecular formula is C9H9ClN2O. The monoisotopic (exact) mass is 196 g/mol. The van der Waals surface area contributed by atoms with E-state index < -0.39 is 4.87 Å². The number of ketones is 1. The summed E-state index contributed by atoms with van der Waals surface area (Å²) in [6.07, 6.45) is 5.09. The van der Waals surface area contributed by atoms with E-state index in [9.17, 15) is 4.79 Å². The maximum atomic E-state index is 11.1. The Balaban J connectivity index is 2.25. The van der Waals surface area contributed by atoms with Gasteiger partial charge in [-0.2, -0.15) is 0 Å². The topological polar surface area (TPSA) is 41.5 Å². The van der Waals surface area contributed by atoms with Crippen molar-refractivity contribution in [3.8, 4) is 0 Å².